The van der Waals surface area contributed by atoms with Crippen molar-refractivity contribution in [2.24, 2.45) is 0 Å². The maximum Gasteiger partial charge on any atom is 0.237 e. The Morgan fingerprint density at radius 1 is 1.10 bits per heavy atom. The number of halogens is 1. The number of piperidine rings is 1. The third-order valence-electron chi connectivity index (χ3n) is 5.89. The fourth-order valence-corrected chi connectivity index (χ4v) is 4.14. The van der Waals surface area contributed by atoms with Crippen molar-refractivity contribution in [2.75, 3.05) is 13.1 Å². The molecule has 0 radical (unpaired) electrons. The van der Waals surface area contributed by atoms with E-state index in [0.29, 0.717) is 10.9 Å². The maximum atomic E-state index is 12.8. The highest BCUT2D eigenvalue weighted by molar-refractivity contribution is 6.30. The molecule has 0 bridgehead atoms. The molecule has 2 aromatic heterocycles. The third kappa shape index (κ3) is 4.28. The Morgan fingerprint density at radius 3 is 2.55 bits per heavy atom. The maximum absolute atomic E-state index is 12.8. The molecular weight excluding hydrogens is 386 g/mol. The number of hydrogen-bond acceptors (Lipinski definition) is 4. The van der Waals surface area contributed by atoms with Crippen molar-refractivity contribution in [3.8, 4) is 0 Å². The zero-order valence-corrected chi connectivity index (χ0v) is 17.5. The molecule has 7 heteroatoms. The number of likely N-dealkylation sites (tertiary alicyclic amines) is 1. The molecule has 152 valence electrons. The molecule has 6 nitrogen and oxygen atoms in total. The van der Waals surface area contributed by atoms with Crippen molar-refractivity contribution in [1.82, 2.24) is 24.8 Å². The molecule has 1 aliphatic rings. The Morgan fingerprint density at radius 2 is 1.83 bits per heavy atom. The number of carbonyl (C=O) groups excluding carboxylic acids is 1. The first-order valence-corrected chi connectivity index (χ1v) is 10.5. The highest BCUT2D eigenvalue weighted by atomic mass is 35.5. The number of nitrogens with zero attached hydrogens (tertiary/aromatic N) is 4. The molecule has 1 aromatic carbocycles. The van der Waals surface area contributed by atoms with Crippen molar-refractivity contribution in [3.05, 3.63) is 65.1 Å². The minimum atomic E-state index is -0.166. The predicted molar refractivity (Wildman–Crippen MR) is 114 cm³/mol. The number of hydrogen-bond donors (Lipinski definition) is 1. The smallest absolute Gasteiger partial charge is 0.237 e. The van der Waals surface area contributed by atoms with Crippen LogP contribution in [0, 0.1) is 0 Å². The quantitative estimate of drug-likeness (QED) is 0.693. The lowest BCUT2D eigenvalue weighted by Crippen LogP contribution is -2.48. The van der Waals surface area contributed by atoms with Crippen molar-refractivity contribution in [3.63, 3.8) is 0 Å². The van der Waals surface area contributed by atoms with Crippen LogP contribution in [-0.4, -0.2) is 44.5 Å². The van der Waals surface area contributed by atoms with E-state index in [4.69, 9.17) is 11.6 Å². The van der Waals surface area contributed by atoms with Gasteiger partial charge in [0.15, 0.2) is 5.65 Å². The van der Waals surface area contributed by atoms with Crippen LogP contribution in [0.25, 0.3) is 5.65 Å². The molecule has 29 heavy (non-hydrogen) atoms. The summed E-state index contributed by atoms with van der Waals surface area (Å²) in [4.78, 5) is 15.0. The van der Waals surface area contributed by atoms with Crippen molar-refractivity contribution >= 4 is 23.2 Å². The number of amides is 1. The Labute approximate surface area is 175 Å². The van der Waals surface area contributed by atoms with Gasteiger partial charge < -0.3 is 5.32 Å². The summed E-state index contributed by atoms with van der Waals surface area (Å²) in [6, 6.07) is 13.3. The van der Waals surface area contributed by atoms with Gasteiger partial charge in [-0.25, -0.2) is 0 Å². The minimum absolute atomic E-state index is 0.0536. The topological polar surface area (TPSA) is 62.5 Å². The van der Waals surface area contributed by atoms with Gasteiger partial charge in [0, 0.05) is 17.1 Å². The SMILES string of the molecule is CC(NC(=O)C(C)N1CCC(c2nnc3ccccn23)CC1)c1ccc(Cl)cc1. The molecule has 1 amide bonds. The normalized spacial score (nSPS) is 17.9. The van der Waals surface area contributed by atoms with Gasteiger partial charge in [0.2, 0.25) is 5.91 Å². The van der Waals surface area contributed by atoms with Crippen LogP contribution in [0.3, 0.4) is 0 Å². The summed E-state index contributed by atoms with van der Waals surface area (Å²) in [6.07, 6.45) is 3.96. The van der Waals surface area contributed by atoms with Crippen LogP contribution in [0.15, 0.2) is 48.7 Å². The Balaban J connectivity index is 1.34. The molecule has 0 saturated carbocycles. The van der Waals surface area contributed by atoms with Gasteiger partial charge in [0.1, 0.15) is 5.82 Å². The highest BCUT2D eigenvalue weighted by Crippen LogP contribution is 2.28. The van der Waals surface area contributed by atoms with E-state index in [2.05, 4.69) is 24.8 Å². The lowest BCUT2D eigenvalue weighted by atomic mass is 9.95. The highest BCUT2D eigenvalue weighted by Gasteiger charge is 2.29. The fraction of sp³-hybridized carbons (Fsp3) is 0.409. The predicted octanol–water partition coefficient (Wildman–Crippen LogP) is 3.83. The van der Waals surface area contributed by atoms with Gasteiger partial charge in [-0.05, 0) is 69.6 Å². The molecule has 4 rings (SSSR count). The summed E-state index contributed by atoms with van der Waals surface area (Å²) in [5.41, 5.74) is 1.93. The van der Waals surface area contributed by atoms with E-state index in [1.165, 1.54) is 0 Å². The zero-order chi connectivity index (χ0) is 20.4. The number of aromatic nitrogens is 3. The van der Waals surface area contributed by atoms with Crippen LogP contribution in [-0.2, 0) is 4.79 Å². The Kier molecular flexibility index (Phi) is 5.83. The van der Waals surface area contributed by atoms with E-state index in [9.17, 15) is 4.79 Å². The van der Waals surface area contributed by atoms with E-state index < -0.39 is 0 Å². The third-order valence-corrected chi connectivity index (χ3v) is 6.14. The van der Waals surface area contributed by atoms with E-state index in [1.54, 1.807) is 0 Å². The average molecular weight is 412 g/mol. The summed E-state index contributed by atoms with van der Waals surface area (Å²) in [5, 5.41) is 12.5. The molecule has 1 fully saturated rings. The van der Waals surface area contributed by atoms with Crippen molar-refractivity contribution < 1.29 is 4.79 Å². The second-order valence-corrected chi connectivity index (χ2v) is 8.19. The Bertz CT molecular complexity index is 978. The van der Waals surface area contributed by atoms with Crippen LogP contribution in [0.4, 0.5) is 0 Å². The van der Waals surface area contributed by atoms with Gasteiger partial charge >= 0.3 is 0 Å². The summed E-state index contributed by atoms with van der Waals surface area (Å²) < 4.78 is 2.07. The largest absolute Gasteiger partial charge is 0.348 e. The number of rotatable bonds is 5. The fourth-order valence-electron chi connectivity index (χ4n) is 4.02. The molecule has 2 unspecified atom stereocenters. The van der Waals surface area contributed by atoms with Gasteiger partial charge in [0.05, 0.1) is 12.1 Å². The van der Waals surface area contributed by atoms with Gasteiger partial charge in [-0.15, -0.1) is 10.2 Å². The van der Waals surface area contributed by atoms with E-state index in [0.717, 1.165) is 43.0 Å². The monoisotopic (exact) mass is 411 g/mol. The number of pyridine rings is 1. The minimum Gasteiger partial charge on any atom is -0.348 e. The first kappa shape index (κ1) is 19.9. The lowest BCUT2D eigenvalue weighted by Gasteiger charge is -2.35. The summed E-state index contributed by atoms with van der Waals surface area (Å²) in [5.74, 6) is 1.44. The number of benzene rings is 1. The number of fused-ring (bicyclic) bond motifs is 1. The van der Waals surface area contributed by atoms with E-state index in [-0.39, 0.29) is 18.0 Å². The van der Waals surface area contributed by atoms with E-state index in [1.807, 2.05) is 62.5 Å². The summed E-state index contributed by atoms with van der Waals surface area (Å²) in [7, 11) is 0. The van der Waals surface area contributed by atoms with Crippen LogP contribution in [0.1, 0.15) is 50.0 Å². The van der Waals surface area contributed by atoms with Crippen molar-refractivity contribution in [2.45, 2.75) is 44.7 Å². The van der Waals surface area contributed by atoms with Crippen LogP contribution >= 0.6 is 11.6 Å². The van der Waals surface area contributed by atoms with E-state index >= 15 is 0 Å². The van der Waals surface area contributed by atoms with Gasteiger partial charge in [-0.2, -0.15) is 0 Å². The standard InChI is InChI=1S/C22H26ClN5O/c1-15(17-6-8-19(23)9-7-17)24-22(29)16(2)27-13-10-18(11-14-27)21-26-25-20-5-3-4-12-28(20)21/h3-9,12,15-16,18H,10-11,13-14H2,1-2H3,(H,24,29). The first-order chi connectivity index (χ1) is 14.0. The molecule has 3 heterocycles. The molecular formula is C22H26ClN5O. The zero-order valence-electron chi connectivity index (χ0n) is 16.8. The molecule has 2 atom stereocenters. The number of carbonyl (C=O) groups is 1. The van der Waals surface area contributed by atoms with Gasteiger partial charge in [-0.3, -0.25) is 14.1 Å². The first-order valence-electron chi connectivity index (χ1n) is 10.1. The van der Waals surface area contributed by atoms with Crippen LogP contribution in [0.2, 0.25) is 5.02 Å². The second kappa shape index (κ2) is 8.51. The molecule has 0 spiro atoms. The molecule has 1 aliphatic heterocycles. The van der Waals surface area contributed by atoms with Gasteiger partial charge in [-0.1, -0.05) is 29.8 Å². The van der Waals surface area contributed by atoms with Crippen LogP contribution < -0.4 is 5.32 Å². The number of nitrogens with one attached hydrogen (secondary N) is 1. The summed E-state index contributed by atoms with van der Waals surface area (Å²) in [6.45, 7) is 5.72. The van der Waals surface area contributed by atoms with Gasteiger partial charge in [0.25, 0.3) is 0 Å². The lowest BCUT2D eigenvalue weighted by molar-refractivity contribution is -0.127. The Hall–Kier alpha value is -2.44. The summed E-state index contributed by atoms with van der Waals surface area (Å²) >= 11 is 5.95. The second-order valence-electron chi connectivity index (χ2n) is 7.76. The van der Waals surface area contributed by atoms with Crippen molar-refractivity contribution in [1.29, 1.82) is 0 Å². The van der Waals surface area contributed by atoms with Crippen LogP contribution in [0.5, 0.6) is 0 Å². The molecule has 1 N–H and O–H groups in total. The average Bonchev–Trinajstić information content (AvgIpc) is 3.18. The molecule has 3 aromatic rings. The molecule has 1 saturated heterocycles. The molecule has 0 aliphatic carbocycles.